The maximum atomic E-state index is 13.8. The second-order valence-corrected chi connectivity index (χ2v) is 7.66. The molecule has 4 rings (SSSR count). The average molecular weight is 393 g/mol. The Balaban J connectivity index is 1.44. The predicted octanol–water partition coefficient (Wildman–Crippen LogP) is 4.72. The van der Waals surface area contributed by atoms with Crippen molar-refractivity contribution in [1.29, 1.82) is 0 Å². The fourth-order valence-electron chi connectivity index (χ4n) is 2.48. The lowest BCUT2D eigenvalue weighted by Crippen LogP contribution is -2.13. The van der Waals surface area contributed by atoms with Crippen LogP contribution in [-0.2, 0) is 17.1 Å². The van der Waals surface area contributed by atoms with Crippen LogP contribution in [0.25, 0.3) is 0 Å². The summed E-state index contributed by atoms with van der Waals surface area (Å²) in [6.07, 6.45) is 0. The van der Waals surface area contributed by atoms with Crippen LogP contribution in [-0.4, -0.2) is 17.0 Å². The number of ether oxygens (including phenoxy) is 2. The molecule has 0 amide bonds. The van der Waals surface area contributed by atoms with Crippen LogP contribution in [0.4, 0.5) is 19.6 Å². The number of rotatable bonds is 5. The Hall–Kier alpha value is -2.23. The molecule has 2 aromatic carbocycles. The molecule has 1 aliphatic rings. The van der Waals surface area contributed by atoms with E-state index in [2.05, 4.69) is 15.5 Å². The first-order valence-corrected chi connectivity index (χ1v) is 9.48. The SMILES string of the molecule is Fc1ccc(Nc2nnc(SCc3cc(F)cc4c3OCOC4)s2)cc1. The van der Waals surface area contributed by atoms with Gasteiger partial charge in [0, 0.05) is 22.6 Å². The van der Waals surface area contributed by atoms with Crippen LogP contribution in [0.3, 0.4) is 0 Å². The standard InChI is InChI=1S/C17H13F2N3O2S2/c18-12-1-3-14(4-2-12)20-16-21-22-17(26-16)25-8-11-6-13(19)5-10-7-23-9-24-15(10)11/h1-6H,7-9H2,(H,20,21). The second kappa shape index (κ2) is 7.56. The average Bonchev–Trinajstić information content (AvgIpc) is 3.09. The maximum absolute atomic E-state index is 13.8. The van der Waals surface area contributed by atoms with E-state index < -0.39 is 0 Å². The molecule has 0 fully saturated rings. The Bertz CT molecular complexity index is 919. The van der Waals surface area contributed by atoms with Crippen molar-refractivity contribution in [3.63, 3.8) is 0 Å². The molecule has 5 nitrogen and oxygen atoms in total. The molecular weight excluding hydrogens is 380 g/mol. The number of thioether (sulfide) groups is 1. The molecule has 3 aromatic rings. The first kappa shape index (κ1) is 17.2. The quantitative estimate of drug-likeness (QED) is 0.633. The van der Waals surface area contributed by atoms with Crippen molar-refractivity contribution in [3.8, 4) is 5.75 Å². The highest BCUT2D eigenvalue weighted by atomic mass is 32.2. The Labute approximate surface area is 156 Å². The number of nitrogens with one attached hydrogen (secondary N) is 1. The number of halogens is 2. The van der Waals surface area contributed by atoms with Gasteiger partial charge in [-0.1, -0.05) is 23.1 Å². The Kier molecular flexibility index (Phi) is 5.00. The Morgan fingerprint density at radius 3 is 2.81 bits per heavy atom. The number of anilines is 2. The highest BCUT2D eigenvalue weighted by Crippen LogP contribution is 2.35. The predicted molar refractivity (Wildman–Crippen MR) is 95.8 cm³/mol. The van der Waals surface area contributed by atoms with E-state index >= 15 is 0 Å². The summed E-state index contributed by atoms with van der Waals surface area (Å²) in [5, 5.41) is 11.9. The lowest BCUT2D eigenvalue weighted by atomic mass is 10.1. The fraction of sp³-hybridized carbons (Fsp3) is 0.176. The van der Waals surface area contributed by atoms with E-state index in [1.54, 1.807) is 12.1 Å². The molecule has 2 heterocycles. The Morgan fingerprint density at radius 2 is 1.96 bits per heavy atom. The lowest BCUT2D eigenvalue weighted by Gasteiger charge is -2.20. The molecule has 0 spiro atoms. The van der Waals surface area contributed by atoms with Crippen LogP contribution in [0.15, 0.2) is 40.7 Å². The van der Waals surface area contributed by atoms with E-state index in [9.17, 15) is 8.78 Å². The van der Waals surface area contributed by atoms with Crippen molar-refractivity contribution >= 4 is 33.9 Å². The fourth-order valence-corrected chi connectivity index (χ4v) is 4.22. The van der Waals surface area contributed by atoms with Crippen LogP contribution < -0.4 is 10.1 Å². The van der Waals surface area contributed by atoms with Crippen LogP contribution in [0, 0.1) is 11.6 Å². The van der Waals surface area contributed by atoms with Crippen molar-refractivity contribution in [1.82, 2.24) is 10.2 Å². The van der Waals surface area contributed by atoms with Crippen LogP contribution in [0.5, 0.6) is 5.75 Å². The van der Waals surface area contributed by atoms with Gasteiger partial charge in [-0.15, -0.1) is 10.2 Å². The number of fused-ring (bicyclic) bond motifs is 1. The number of hydrogen-bond acceptors (Lipinski definition) is 7. The molecule has 0 unspecified atom stereocenters. The van der Waals surface area contributed by atoms with Gasteiger partial charge in [-0.3, -0.25) is 0 Å². The minimum Gasteiger partial charge on any atom is -0.467 e. The van der Waals surface area contributed by atoms with Gasteiger partial charge in [0.1, 0.15) is 17.4 Å². The number of benzene rings is 2. The highest BCUT2D eigenvalue weighted by Gasteiger charge is 2.17. The second-order valence-electron chi connectivity index (χ2n) is 5.46. The lowest BCUT2D eigenvalue weighted by molar-refractivity contribution is -0.0171. The maximum Gasteiger partial charge on any atom is 0.210 e. The largest absolute Gasteiger partial charge is 0.467 e. The molecule has 0 radical (unpaired) electrons. The van der Waals surface area contributed by atoms with Crippen molar-refractivity contribution in [2.45, 2.75) is 16.7 Å². The third-order valence-corrected chi connectivity index (χ3v) is 5.63. The van der Waals surface area contributed by atoms with E-state index in [0.717, 1.165) is 15.6 Å². The molecule has 1 aromatic heterocycles. The van der Waals surface area contributed by atoms with Crippen LogP contribution in [0.2, 0.25) is 0 Å². The summed E-state index contributed by atoms with van der Waals surface area (Å²) in [6.45, 7) is 0.510. The number of hydrogen-bond donors (Lipinski definition) is 1. The topological polar surface area (TPSA) is 56.3 Å². The van der Waals surface area contributed by atoms with Crippen LogP contribution in [0.1, 0.15) is 11.1 Å². The van der Waals surface area contributed by atoms with E-state index in [4.69, 9.17) is 9.47 Å². The van der Waals surface area contributed by atoms with Crippen molar-refractivity contribution in [2.24, 2.45) is 0 Å². The molecule has 1 aliphatic heterocycles. The van der Waals surface area contributed by atoms with E-state index in [1.165, 1.54) is 47.4 Å². The zero-order valence-corrected chi connectivity index (χ0v) is 15.0. The molecule has 9 heteroatoms. The zero-order valence-electron chi connectivity index (χ0n) is 13.4. The Morgan fingerprint density at radius 1 is 1.12 bits per heavy atom. The first-order valence-electron chi connectivity index (χ1n) is 7.68. The van der Waals surface area contributed by atoms with Gasteiger partial charge in [-0.2, -0.15) is 0 Å². The van der Waals surface area contributed by atoms with Gasteiger partial charge in [0.2, 0.25) is 5.13 Å². The third-order valence-electron chi connectivity index (χ3n) is 3.60. The van der Waals surface area contributed by atoms with Gasteiger partial charge >= 0.3 is 0 Å². The smallest absolute Gasteiger partial charge is 0.210 e. The summed E-state index contributed by atoms with van der Waals surface area (Å²) in [5.41, 5.74) is 2.20. The molecule has 134 valence electrons. The van der Waals surface area contributed by atoms with Crippen LogP contribution >= 0.6 is 23.1 Å². The zero-order chi connectivity index (χ0) is 17.9. The number of nitrogens with zero attached hydrogens (tertiary/aromatic N) is 2. The molecular formula is C17H13F2N3O2S2. The first-order chi connectivity index (χ1) is 12.7. The van der Waals surface area contributed by atoms with Crippen molar-refractivity contribution in [3.05, 3.63) is 59.2 Å². The summed E-state index contributed by atoms with van der Waals surface area (Å²) in [5.74, 6) is 0.574. The van der Waals surface area contributed by atoms with Gasteiger partial charge in [0.05, 0.1) is 6.61 Å². The third kappa shape index (κ3) is 3.95. The monoisotopic (exact) mass is 393 g/mol. The van der Waals surface area contributed by atoms with Gasteiger partial charge in [-0.05, 0) is 36.4 Å². The van der Waals surface area contributed by atoms with Gasteiger partial charge in [0.25, 0.3) is 0 Å². The molecule has 0 saturated heterocycles. The van der Waals surface area contributed by atoms with E-state index in [-0.39, 0.29) is 18.4 Å². The minimum absolute atomic E-state index is 0.168. The number of aromatic nitrogens is 2. The summed E-state index contributed by atoms with van der Waals surface area (Å²) in [7, 11) is 0. The normalized spacial score (nSPS) is 13.2. The summed E-state index contributed by atoms with van der Waals surface area (Å²) >= 11 is 2.82. The molecule has 0 atom stereocenters. The minimum atomic E-state index is -0.315. The van der Waals surface area contributed by atoms with Crippen molar-refractivity contribution in [2.75, 3.05) is 12.1 Å². The molecule has 1 N–H and O–H groups in total. The highest BCUT2D eigenvalue weighted by molar-refractivity contribution is 8.00. The molecule has 0 bridgehead atoms. The van der Waals surface area contributed by atoms with Gasteiger partial charge < -0.3 is 14.8 Å². The van der Waals surface area contributed by atoms with Crippen molar-refractivity contribution < 1.29 is 18.3 Å². The molecule has 0 saturated carbocycles. The summed E-state index contributed by atoms with van der Waals surface area (Å²) in [6, 6.07) is 8.89. The van der Waals surface area contributed by atoms with E-state index in [1.807, 2.05) is 0 Å². The molecule has 26 heavy (non-hydrogen) atoms. The van der Waals surface area contributed by atoms with Gasteiger partial charge in [0.15, 0.2) is 11.1 Å². The molecule has 0 aliphatic carbocycles. The van der Waals surface area contributed by atoms with Gasteiger partial charge in [-0.25, -0.2) is 8.78 Å². The van der Waals surface area contributed by atoms with E-state index in [0.29, 0.717) is 28.8 Å². The summed E-state index contributed by atoms with van der Waals surface area (Å²) < 4.78 is 38.1. The summed E-state index contributed by atoms with van der Waals surface area (Å²) in [4.78, 5) is 0.